The zero-order chi connectivity index (χ0) is 9.97. The van der Waals surface area contributed by atoms with Crippen molar-refractivity contribution in [1.29, 1.82) is 0 Å². The van der Waals surface area contributed by atoms with E-state index in [0.717, 1.165) is 5.56 Å². The molecule has 0 fully saturated rings. The van der Waals surface area contributed by atoms with E-state index in [4.69, 9.17) is 4.52 Å². The van der Waals surface area contributed by atoms with Gasteiger partial charge in [-0.15, -0.1) is 0 Å². The third-order valence-electron chi connectivity index (χ3n) is 1.96. The van der Waals surface area contributed by atoms with E-state index in [-0.39, 0.29) is 0 Å². The molecule has 0 bridgehead atoms. The number of H-pyrrole nitrogens is 1. The van der Waals surface area contributed by atoms with Crippen LogP contribution < -0.4 is 5.69 Å². The number of aryl methyl sites for hydroxylation is 1. The molecule has 0 amide bonds. The molecule has 1 heterocycles. The average molecular weight is 190 g/mol. The van der Waals surface area contributed by atoms with Crippen molar-refractivity contribution in [1.82, 2.24) is 10.1 Å². The summed E-state index contributed by atoms with van der Waals surface area (Å²) in [6, 6.07) is 8.01. The summed E-state index contributed by atoms with van der Waals surface area (Å²) in [4.78, 5) is 14.3. The second-order valence-corrected chi connectivity index (χ2v) is 3.18. The predicted octanol–water partition coefficient (Wildman–Crippen LogP) is 1.26. The molecule has 1 aromatic heterocycles. The Labute approximate surface area is 80.6 Å². The highest BCUT2D eigenvalue weighted by Crippen LogP contribution is 2.06. The van der Waals surface area contributed by atoms with E-state index in [2.05, 4.69) is 10.1 Å². The zero-order valence-corrected chi connectivity index (χ0v) is 7.78. The number of benzene rings is 1. The number of hydrogen-bond donors (Lipinski definition) is 1. The minimum absolute atomic E-state index is 0.416. The van der Waals surface area contributed by atoms with Crippen LogP contribution in [0, 0.1) is 6.92 Å². The molecule has 0 aliphatic rings. The Hall–Kier alpha value is -1.84. The van der Waals surface area contributed by atoms with Gasteiger partial charge in [-0.2, -0.15) is 10.1 Å². The maximum atomic E-state index is 10.7. The molecular formula is C10H10N2O2. The van der Waals surface area contributed by atoms with Gasteiger partial charge in [0, 0.05) is 0 Å². The van der Waals surface area contributed by atoms with Crippen LogP contribution in [0.3, 0.4) is 0 Å². The quantitative estimate of drug-likeness (QED) is 0.775. The minimum Gasteiger partial charge on any atom is -0.362 e. The number of aromatic nitrogens is 2. The Bertz CT molecular complexity index is 467. The van der Waals surface area contributed by atoms with Crippen molar-refractivity contribution in [3.05, 3.63) is 51.8 Å². The lowest BCUT2D eigenvalue weighted by Gasteiger charge is -1.96. The summed E-state index contributed by atoms with van der Waals surface area (Å²) in [5, 5.41) is 2.16. The molecule has 0 saturated heterocycles. The van der Waals surface area contributed by atoms with Crippen LogP contribution in [-0.4, -0.2) is 10.1 Å². The monoisotopic (exact) mass is 190 g/mol. The van der Waals surface area contributed by atoms with E-state index in [1.54, 1.807) is 0 Å². The smallest absolute Gasteiger partial charge is 0.362 e. The fourth-order valence-electron chi connectivity index (χ4n) is 1.22. The van der Waals surface area contributed by atoms with E-state index >= 15 is 0 Å². The first kappa shape index (κ1) is 8.74. The first-order valence-electron chi connectivity index (χ1n) is 4.34. The molecule has 4 nitrogen and oxygen atoms in total. The van der Waals surface area contributed by atoms with Crippen molar-refractivity contribution >= 4 is 0 Å². The van der Waals surface area contributed by atoms with Crippen LogP contribution in [0.4, 0.5) is 0 Å². The number of nitrogens with one attached hydrogen (secondary N) is 1. The average Bonchev–Trinajstić information content (AvgIpc) is 2.56. The Morgan fingerprint density at radius 2 is 2.07 bits per heavy atom. The largest absolute Gasteiger partial charge is 0.377 e. The number of rotatable bonds is 2. The first-order valence-corrected chi connectivity index (χ1v) is 4.34. The maximum absolute atomic E-state index is 10.7. The third-order valence-corrected chi connectivity index (χ3v) is 1.96. The summed E-state index contributed by atoms with van der Waals surface area (Å²) in [7, 11) is 0. The number of nitrogens with zero attached hydrogens (tertiary/aromatic N) is 1. The molecule has 2 aromatic rings. The lowest BCUT2D eigenvalue weighted by atomic mass is 10.1. The van der Waals surface area contributed by atoms with Crippen LogP contribution in [0.1, 0.15) is 17.0 Å². The van der Waals surface area contributed by atoms with Crippen LogP contribution in [0.25, 0.3) is 0 Å². The summed E-state index contributed by atoms with van der Waals surface area (Å²) < 4.78 is 4.85. The highest BCUT2D eigenvalue weighted by atomic mass is 16.5. The molecule has 0 aliphatic heterocycles. The summed E-state index contributed by atoms with van der Waals surface area (Å²) in [6.07, 6.45) is 0.541. The lowest BCUT2D eigenvalue weighted by Crippen LogP contribution is -2.01. The first-order chi connectivity index (χ1) is 6.74. The van der Waals surface area contributed by atoms with E-state index < -0.39 is 5.69 Å². The summed E-state index contributed by atoms with van der Waals surface area (Å²) >= 11 is 0. The topological polar surface area (TPSA) is 58.9 Å². The second-order valence-electron chi connectivity index (χ2n) is 3.18. The van der Waals surface area contributed by atoms with Crippen LogP contribution >= 0.6 is 0 Å². The molecule has 1 aromatic carbocycles. The van der Waals surface area contributed by atoms with Gasteiger partial charge in [0.15, 0.2) is 0 Å². The number of aromatic amines is 1. The van der Waals surface area contributed by atoms with E-state index in [0.29, 0.717) is 12.3 Å². The Balaban J connectivity index is 2.19. The van der Waals surface area contributed by atoms with Gasteiger partial charge in [0.1, 0.15) is 0 Å². The van der Waals surface area contributed by atoms with Crippen molar-refractivity contribution in [2.75, 3.05) is 0 Å². The van der Waals surface area contributed by atoms with Gasteiger partial charge in [0.25, 0.3) is 0 Å². The van der Waals surface area contributed by atoms with Gasteiger partial charge < -0.3 is 4.52 Å². The summed E-state index contributed by atoms with van der Waals surface area (Å²) in [6.45, 7) is 2.03. The van der Waals surface area contributed by atoms with Crippen molar-refractivity contribution in [3.63, 3.8) is 0 Å². The van der Waals surface area contributed by atoms with E-state index in [1.807, 2.05) is 31.2 Å². The minimum atomic E-state index is -0.438. The van der Waals surface area contributed by atoms with E-state index in [9.17, 15) is 4.79 Å². The molecule has 4 heteroatoms. The van der Waals surface area contributed by atoms with Crippen molar-refractivity contribution < 1.29 is 4.52 Å². The fourth-order valence-corrected chi connectivity index (χ4v) is 1.22. The molecule has 1 N–H and O–H groups in total. The second kappa shape index (κ2) is 3.49. The van der Waals surface area contributed by atoms with Crippen molar-refractivity contribution in [2.24, 2.45) is 0 Å². The molecule has 2 rings (SSSR count). The van der Waals surface area contributed by atoms with Crippen LogP contribution in [0.15, 0.2) is 33.6 Å². The zero-order valence-electron chi connectivity index (χ0n) is 7.78. The fraction of sp³-hybridized carbons (Fsp3) is 0.200. The van der Waals surface area contributed by atoms with Crippen molar-refractivity contribution in [2.45, 2.75) is 13.3 Å². The molecule has 14 heavy (non-hydrogen) atoms. The highest BCUT2D eigenvalue weighted by Gasteiger charge is 2.02. The molecule has 0 atom stereocenters. The van der Waals surface area contributed by atoms with Gasteiger partial charge >= 0.3 is 5.69 Å². The number of hydrogen-bond acceptors (Lipinski definition) is 3. The molecular weight excluding hydrogens is 180 g/mol. The van der Waals surface area contributed by atoms with Gasteiger partial charge in [-0.25, -0.2) is 4.79 Å². The van der Waals surface area contributed by atoms with E-state index in [1.165, 1.54) is 5.56 Å². The van der Waals surface area contributed by atoms with Gasteiger partial charge in [0.2, 0.25) is 5.89 Å². The SMILES string of the molecule is Cc1ccc(Cc2nc(=O)[nH]o2)cc1. The normalized spacial score (nSPS) is 10.4. The molecule has 72 valence electrons. The summed E-state index contributed by atoms with van der Waals surface area (Å²) in [5.41, 5.74) is 1.84. The molecule has 0 radical (unpaired) electrons. The third kappa shape index (κ3) is 1.90. The predicted molar refractivity (Wildman–Crippen MR) is 51.1 cm³/mol. The Morgan fingerprint density at radius 3 is 2.64 bits per heavy atom. The van der Waals surface area contributed by atoms with Gasteiger partial charge in [-0.1, -0.05) is 29.8 Å². The van der Waals surface area contributed by atoms with Crippen molar-refractivity contribution in [3.8, 4) is 0 Å². The highest BCUT2D eigenvalue weighted by molar-refractivity contribution is 5.23. The Kier molecular flexibility index (Phi) is 2.18. The molecule has 0 aliphatic carbocycles. The van der Waals surface area contributed by atoms with Crippen LogP contribution in [0.5, 0.6) is 0 Å². The summed E-state index contributed by atoms with van der Waals surface area (Å²) in [5.74, 6) is 0.416. The molecule has 0 unspecified atom stereocenters. The Morgan fingerprint density at radius 1 is 1.36 bits per heavy atom. The molecule has 0 spiro atoms. The lowest BCUT2D eigenvalue weighted by molar-refractivity contribution is 0.380. The van der Waals surface area contributed by atoms with Crippen LogP contribution in [0.2, 0.25) is 0 Å². The van der Waals surface area contributed by atoms with Gasteiger partial charge in [-0.05, 0) is 12.5 Å². The van der Waals surface area contributed by atoms with Crippen LogP contribution in [-0.2, 0) is 6.42 Å². The van der Waals surface area contributed by atoms with Gasteiger partial charge in [-0.3, -0.25) is 0 Å². The molecule has 0 saturated carbocycles. The maximum Gasteiger partial charge on any atom is 0.377 e. The standard InChI is InChI=1S/C10H10N2O2/c1-7-2-4-8(5-3-7)6-9-11-10(13)12-14-9/h2-5H,6H2,1H3,(H,12,13). The van der Waals surface area contributed by atoms with Gasteiger partial charge in [0.05, 0.1) is 6.42 Å².